The minimum atomic E-state index is -0.525. The molecular weight excluding hydrogens is 358 g/mol. The number of hydrogen-bond acceptors (Lipinski definition) is 5. The third-order valence-corrected chi connectivity index (χ3v) is 4.38. The van der Waals surface area contributed by atoms with Gasteiger partial charge in [-0.3, -0.25) is 10.1 Å². The topological polar surface area (TPSA) is 78.9 Å². The third-order valence-electron chi connectivity index (χ3n) is 3.24. The van der Waals surface area contributed by atoms with E-state index >= 15 is 0 Å². The summed E-state index contributed by atoms with van der Waals surface area (Å²) >= 11 is 7.33. The monoisotopic (exact) mass is 369 g/mol. The maximum atomic E-state index is 12.2. The van der Waals surface area contributed by atoms with Crippen LogP contribution in [0.4, 0.5) is 5.13 Å². The lowest BCUT2D eigenvalue weighted by Gasteiger charge is -2.00. The number of carbonyl (C=O) groups excluding carboxylic acids is 1. The van der Waals surface area contributed by atoms with Gasteiger partial charge in [0.25, 0.3) is 5.91 Å². The Balaban J connectivity index is 1.68. The molecule has 0 radical (unpaired) electrons. The summed E-state index contributed by atoms with van der Waals surface area (Å²) in [6.07, 6.45) is 5.22. The highest BCUT2D eigenvalue weighted by atomic mass is 35.5. The number of benzene rings is 1. The Labute approximate surface area is 153 Å². The highest BCUT2D eigenvalue weighted by Crippen LogP contribution is 2.23. The van der Waals surface area contributed by atoms with E-state index in [4.69, 9.17) is 21.3 Å². The molecule has 2 aromatic heterocycles. The molecule has 1 aromatic carbocycles. The van der Waals surface area contributed by atoms with Crippen LogP contribution < -0.4 is 5.32 Å². The summed E-state index contributed by atoms with van der Waals surface area (Å²) in [5.41, 5.74) is 1.01. The predicted octanol–water partition coefficient (Wildman–Crippen LogP) is 4.53. The van der Waals surface area contributed by atoms with Crippen molar-refractivity contribution in [1.82, 2.24) is 4.98 Å². The summed E-state index contributed by atoms with van der Waals surface area (Å²) in [5.74, 6) is -0.0879. The molecule has 5 nitrogen and oxygen atoms in total. The lowest BCUT2D eigenvalue weighted by atomic mass is 10.1. The molecule has 0 aliphatic carbocycles. The zero-order chi connectivity index (χ0) is 17.6. The molecule has 0 bridgehead atoms. The molecule has 0 aliphatic rings. The number of hydrogen-bond donors (Lipinski definition) is 1. The first kappa shape index (κ1) is 17.0. The van der Waals surface area contributed by atoms with Gasteiger partial charge in [-0.25, -0.2) is 4.98 Å². The van der Waals surface area contributed by atoms with Gasteiger partial charge in [0.15, 0.2) is 5.13 Å². The Morgan fingerprint density at radius 2 is 2.28 bits per heavy atom. The van der Waals surface area contributed by atoms with Gasteiger partial charge in [-0.05, 0) is 29.8 Å². The van der Waals surface area contributed by atoms with E-state index in [0.29, 0.717) is 22.3 Å². The van der Waals surface area contributed by atoms with E-state index in [9.17, 15) is 4.79 Å². The highest BCUT2D eigenvalue weighted by molar-refractivity contribution is 7.15. The second-order valence-corrected chi connectivity index (χ2v) is 6.63. The van der Waals surface area contributed by atoms with Gasteiger partial charge in [-0.1, -0.05) is 23.7 Å². The zero-order valence-corrected chi connectivity index (χ0v) is 14.5. The molecule has 3 rings (SSSR count). The van der Waals surface area contributed by atoms with Crippen molar-refractivity contribution in [2.75, 3.05) is 5.32 Å². The largest absolute Gasteiger partial charge is 0.465 e. The normalized spacial score (nSPS) is 11.1. The SMILES string of the molecule is N#C/C(=C/c1ccco1)C(=O)Nc1ncc(Cc2cccc(Cl)c2)s1. The van der Waals surface area contributed by atoms with Crippen molar-refractivity contribution >= 4 is 40.1 Å². The van der Waals surface area contributed by atoms with Crippen LogP contribution in [0.5, 0.6) is 0 Å². The molecule has 7 heteroatoms. The third kappa shape index (κ3) is 4.57. The maximum Gasteiger partial charge on any atom is 0.268 e. The van der Waals surface area contributed by atoms with Crippen LogP contribution in [0.25, 0.3) is 6.08 Å². The first-order valence-electron chi connectivity index (χ1n) is 7.30. The summed E-state index contributed by atoms with van der Waals surface area (Å²) in [7, 11) is 0. The summed E-state index contributed by atoms with van der Waals surface area (Å²) in [4.78, 5) is 17.3. The number of nitrogens with one attached hydrogen (secondary N) is 1. The Morgan fingerprint density at radius 1 is 1.40 bits per heavy atom. The number of amides is 1. The number of halogens is 1. The molecule has 0 unspecified atom stereocenters. The van der Waals surface area contributed by atoms with Gasteiger partial charge < -0.3 is 4.42 Å². The molecule has 124 valence electrons. The first-order valence-corrected chi connectivity index (χ1v) is 8.49. The van der Waals surface area contributed by atoms with E-state index < -0.39 is 5.91 Å². The van der Waals surface area contributed by atoms with Gasteiger partial charge in [0.1, 0.15) is 17.4 Å². The molecule has 0 spiro atoms. The molecule has 3 aromatic rings. The minimum absolute atomic E-state index is 0.0541. The van der Waals surface area contributed by atoms with Crippen LogP contribution >= 0.6 is 22.9 Å². The number of anilines is 1. The van der Waals surface area contributed by atoms with Crippen LogP contribution in [-0.2, 0) is 11.2 Å². The van der Waals surface area contributed by atoms with Crippen LogP contribution in [0.3, 0.4) is 0 Å². The van der Waals surface area contributed by atoms with Crippen molar-refractivity contribution in [3.63, 3.8) is 0 Å². The number of furan rings is 1. The number of nitrogens with zero attached hydrogens (tertiary/aromatic N) is 2. The number of aromatic nitrogens is 1. The molecule has 0 saturated carbocycles. The predicted molar refractivity (Wildman–Crippen MR) is 97.3 cm³/mol. The molecule has 0 atom stereocenters. The van der Waals surface area contributed by atoms with Crippen molar-refractivity contribution in [3.8, 4) is 6.07 Å². The van der Waals surface area contributed by atoms with E-state index in [1.54, 1.807) is 18.3 Å². The molecule has 0 saturated heterocycles. The summed E-state index contributed by atoms with van der Waals surface area (Å²) < 4.78 is 5.12. The average Bonchev–Trinajstić information content (AvgIpc) is 3.24. The molecule has 1 N–H and O–H groups in total. The fourth-order valence-electron chi connectivity index (χ4n) is 2.12. The summed E-state index contributed by atoms with van der Waals surface area (Å²) in [5, 5.41) is 12.9. The average molecular weight is 370 g/mol. The van der Waals surface area contributed by atoms with Crippen molar-refractivity contribution < 1.29 is 9.21 Å². The van der Waals surface area contributed by atoms with E-state index in [1.165, 1.54) is 23.7 Å². The van der Waals surface area contributed by atoms with Crippen molar-refractivity contribution in [1.29, 1.82) is 5.26 Å². The van der Waals surface area contributed by atoms with E-state index in [0.717, 1.165) is 10.4 Å². The Morgan fingerprint density at radius 3 is 3.00 bits per heavy atom. The van der Waals surface area contributed by atoms with Crippen LogP contribution in [0, 0.1) is 11.3 Å². The number of carbonyl (C=O) groups is 1. The summed E-state index contributed by atoms with van der Waals surface area (Å²) in [6, 6.07) is 12.8. The van der Waals surface area contributed by atoms with Crippen molar-refractivity contribution in [3.05, 3.63) is 75.7 Å². The van der Waals surface area contributed by atoms with Crippen molar-refractivity contribution in [2.24, 2.45) is 0 Å². The molecular formula is C18H12ClN3O2S. The fourth-order valence-corrected chi connectivity index (χ4v) is 3.18. The van der Waals surface area contributed by atoms with E-state index in [1.807, 2.05) is 30.3 Å². The number of thiazole rings is 1. The quantitative estimate of drug-likeness (QED) is 0.529. The van der Waals surface area contributed by atoms with Gasteiger partial charge in [0, 0.05) is 28.6 Å². The zero-order valence-electron chi connectivity index (χ0n) is 12.9. The van der Waals surface area contributed by atoms with Crippen LogP contribution in [-0.4, -0.2) is 10.9 Å². The van der Waals surface area contributed by atoms with Gasteiger partial charge in [-0.2, -0.15) is 5.26 Å². The van der Waals surface area contributed by atoms with Gasteiger partial charge in [0.2, 0.25) is 0 Å². The smallest absolute Gasteiger partial charge is 0.268 e. The van der Waals surface area contributed by atoms with E-state index in [2.05, 4.69) is 10.3 Å². The van der Waals surface area contributed by atoms with Gasteiger partial charge >= 0.3 is 0 Å². The Bertz CT molecular complexity index is 955. The second kappa shape index (κ2) is 7.79. The standard InChI is InChI=1S/C18H12ClN3O2S/c19-14-4-1-3-12(7-14)8-16-11-21-18(25-16)22-17(23)13(10-20)9-15-5-2-6-24-15/h1-7,9,11H,8H2,(H,21,22,23)/b13-9-. The lowest BCUT2D eigenvalue weighted by Crippen LogP contribution is -2.13. The van der Waals surface area contributed by atoms with E-state index in [-0.39, 0.29) is 5.57 Å². The summed E-state index contributed by atoms with van der Waals surface area (Å²) in [6.45, 7) is 0. The molecule has 1 amide bonds. The molecule has 0 aliphatic heterocycles. The number of rotatable bonds is 5. The van der Waals surface area contributed by atoms with Crippen LogP contribution in [0.1, 0.15) is 16.2 Å². The molecule has 25 heavy (non-hydrogen) atoms. The fraction of sp³-hybridized carbons (Fsp3) is 0.0556. The minimum Gasteiger partial charge on any atom is -0.465 e. The highest BCUT2D eigenvalue weighted by Gasteiger charge is 2.13. The first-order chi connectivity index (χ1) is 12.1. The van der Waals surface area contributed by atoms with Crippen molar-refractivity contribution in [2.45, 2.75) is 6.42 Å². The molecule has 0 fully saturated rings. The van der Waals surface area contributed by atoms with Gasteiger partial charge in [0.05, 0.1) is 6.26 Å². The van der Waals surface area contributed by atoms with Gasteiger partial charge in [-0.15, -0.1) is 11.3 Å². The van der Waals surface area contributed by atoms with Crippen LogP contribution in [0.2, 0.25) is 5.02 Å². The second-order valence-electron chi connectivity index (χ2n) is 5.08. The number of nitriles is 1. The maximum absolute atomic E-state index is 12.2. The van der Waals surface area contributed by atoms with Crippen LogP contribution in [0.15, 0.2) is 58.8 Å². The lowest BCUT2D eigenvalue weighted by molar-refractivity contribution is -0.112. The Kier molecular flexibility index (Phi) is 5.29. The Hall–Kier alpha value is -2.88. The molecule has 2 heterocycles.